The molecule has 0 aliphatic carbocycles. The maximum Gasteiger partial charge on any atom is 0.260 e. The van der Waals surface area contributed by atoms with Crippen molar-refractivity contribution in [1.82, 2.24) is 14.8 Å². The Morgan fingerprint density at radius 1 is 1.28 bits per heavy atom. The third-order valence-electron chi connectivity index (χ3n) is 5.04. The quantitative estimate of drug-likeness (QED) is 0.673. The molecule has 3 rings (SSSR count). The van der Waals surface area contributed by atoms with E-state index in [0.29, 0.717) is 30.9 Å². The minimum absolute atomic E-state index is 0.00790. The van der Waals surface area contributed by atoms with E-state index in [4.69, 9.17) is 16.3 Å². The van der Waals surface area contributed by atoms with Crippen LogP contribution >= 0.6 is 11.6 Å². The van der Waals surface area contributed by atoms with E-state index >= 15 is 0 Å². The Balaban J connectivity index is 1.58. The van der Waals surface area contributed by atoms with Crippen molar-refractivity contribution in [2.45, 2.75) is 32.5 Å². The summed E-state index contributed by atoms with van der Waals surface area (Å²) in [5.74, 6) is -0.328. The summed E-state index contributed by atoms with van der Waals surface area (Å²) in [4.78, 5) is 31.8. The second kappa shape index (κ2) is 9.33. The molecule has 0 spiro atoms. The van der Waals surface area contributed by atoms with Gasteiger partial charge in [0.1, 0.15) is 5.82 Å². The van der Waals surface area contributed by atoms with Gasteiger partial charge in [-0.15, -0.1) is 0 Å². The molecule has 1 amide bonds. The maximum atomic E-state index is 13.1. The van der Waals surface area contributed by atoms with Gasteiger partial charge in [-0.1, -0.05) is 23.7 Å². The molecule has 1 aromatic heterocycles. The molecule has 0 radical (unpaired) electrons. The fraction of sp³-hybridized carbons (Fsp3) is 0.381. The summed E-state index contributed by atoms with van der Waals surface area (Å²) in [5.41, 5.74) is 1.24. The van der Waals surface area contributed by atoms with E-state index in [0.717, 1.165) is 5.56 Å². The van der Waals surface area contributed by atoms with Gasteiger partial charge in [-0.3, -0.25) is 14.5 Å². The lowest BCUT2D eigenvalue weighted by Crippen LogP contribution is -2.58. The van der Waals surface area contributed by atoms with Crippen molar-refractivity contribution < 1.29 is 18.7 Å². The Labute approximate surface area is 174 Å². The molecule has 1 aromatic carbocycles. The summed E-state index contributed by atoms with van der Waals surface area (Å²) >= 11 is 5.82. The summed E-state index contributed by atoms with van der Waals surface area (Å²) < 4.78 is 18.6. The summed E-state index contributed by atoms with van der Waals surface area (Å²) in [6.07, 6.45) is 1.96. The largest absolute Gasteiger partial charge is 0.467 e. The first-order chi connectivity index (χ1) is 13.9. The van der Waals surface area contributed by atoms with E-state index < -0.39 is 0 Å². The third-order valence-corrected chi connectivity index (χ3v) is 5.25. The van der Waals surface area contributed by atoms with E-state index in [1.165, 1.54) is 24.4 Å². The average molecular weight is 420 g/mol. The molecule has 0 saturated carbocycles. The van der Waals surface area contributed by atoms with Gasteiger partial charge in [0.15, 0.2) is 12.9 Å². The SMILES string of the molecule is C[C@@H]1CN(Cc2ccc(F)cc2)[C@@H](C)CN1C(=O)COc1ncc(Cl)cc1C=O. The smallest absolute Gasteiger partial charge is 0.260 e. The van der Waals surface area contributed by atoms with Crippen LogP contribution in [0.3, 0.4) is 0 Å². The number of ether oxygens (including phenoxy) is 1. The summed E-state index contributed by atoms with van der Waals surface area (Å²) in [5, 5.41) is 0.325. The number of piperazine rings is 1. The predicted molar refractivity (Wildman–Crippen MR) is 108 cm³/mol. The Hall–Kier alpha value is -2.51. The number of benzene rings is 1. The molecule has 0 bridgehead atoms. The van der Waals surface area contributed by atoms with E-state index in [-0.39, 0.29) is 41.9 Å². The minimum Gasteiger partial charge on any atom is -0.467 e. The van der Waals surface area contributed by atoms with Gasteiger partial charge in [-0.05, 0) is 37.6 Å². The topological polar surface area (TPSA) is 62.7 Å². The molecule has 1 saturated heterocycles. The highest BCUT2D eigenvalue weighted by Crippen LogP contribution is 2.20. The van der Waals surface area contributed by atoms with Gasteiger partial charge in [-0.25, -0.2) is 9.37 Å². The molecule has 0 N–H and O–H groups in total. The van der Waals surface area contributed by atoms with E-state index in [1.807, 2.05) is 6.92 Å². The Morgan fingerprint density at radius 2 is 2.00 bits per heavy atom. The van der Waals surface area contributed by atoms with Crippen molar-refractivity contribution in [3.8, 4) is 5.88 Å². The first-order valence-electron chi connectivity index (χ1n) is 9.39. The average Bonchev–Trinajstić information content (AvgIpc) is 2.70. The minimum atomic E-state index is -0.251. The van der Waals surface area contributed by atoms with Crippen LogP contribution in [0, 0.1) is 5.82 Å². The highest BCUT2D eigenvalue weighted by Gasteiger charge is 2.32. The number of rotatable bonds is 6. The molecule has 0 unspecified atom stereocenters. The van der Waals surface area contributed by atoms with Crippen LogP contribution in [0.25, 0.3) is 0 Å². The van der Waals surface area contributed by atoms with Crippen molar-refractivity contribution in [3.05, 3.63) is 58.5 Å². The lowest BCUT2D eigenvalue weighted by atomic mass is 10.1. The molecule has 6 nitrogen and oxygen atoms in total. The molecule has 2 heterocycles. The molecule has 2 atom stereocenters. The van der Waals surface area contributed by atoms with Crippen LogP contribution in [-0.4, -0.2) is 58.8 Å². The lowest BCUT2D eigenvalue weighted by Gasteiger charge is -2.44. The van der Waals surface area contributed by atoms with Crippen LogP contribution in [-0.2, 0) is 11.3 Å². The number of halogens is 2. The van der Waals surface area contributed by atoms with E-state index in [2.05, 4.69) is 16.8 Å². The van der Waals surface area contributed by atoms with Gasteiger partial charge in [0.2, 0.25) is 5.88 Å². The van der Waals surface area contributed by atoms with Gasteiger partial charge in [-0.2, -0.15) is 0 Å². The molecule has 154 valence electrons. The van der Waals surface area contributed by atoms with E-state index in [9.17, 15) is 14.0 Å². The molecule has 1 fully saturated rings. The summed E-state index contributed by atoms with van der Waals surface area (Å²) in [7, 11) is 0. The monoisotopic (exact) mass is 419 g/mol. The number of hydrogen-bond acceptors (Lipinski definition) is 5. The number of aldehydes is 1. The van der Waals surface area contributed by atoms with Crippen molar-refractivity contribution in [2.24, 2.45) is 0 Å². The number of aromatic nitrogens is 1. The highest BCUT2D eigenvalue weighted by molar-refractivity contribution is 6.30. The van der Waals surface area contributed by atoms with Gasteiger partial charge in [0.05, 0.1) is 10.6 Å². The van der Waals surface area contributed by atoms with Gasteiger partial charge >= 0.3 is 0 Å². The van der Waals surface area contributed by atoms with Crippen LogP contribution in [0.2, 0.25) is 5.02 Å². The summed E-state index contributed by atoms with van der Waals surface area (Å²) in [6.45, 7) is 5.79. The highest BCUT2D eigenvalue weighted by atomic mass is 35.5. The molecular formula is C21H23ClFN3O3. The second-order valence-corrected chi connectivity index (χ2v) is 7.69. The molecule has 2 aromatic rings. The molecule has 29 heavy (non-hydrogen) atoms. The first kappa shape index (κ1) is 21.2. The van der Waals surface area contributed by atoms with Gasteiger partial charge in [0.25, 0.3) is 5.91 Å². The number of pyridine rings is 1. The van der Waals surface area contributed by atoms with Crippen molar-refractivity contribution in [2.75, 3.05) is 19.7 Å². The fourth-order valence-corrected chi connectivity index (χ4v) is 3.62. The van der Waals surface area contributed by atoms with Crippen LogP contribution in [0.1, 0.15) is 29.8 Å². The molecule has 1 aliphatic rings. The van der Waals surface area contributed by atoms with Crippen LogP contribution in [0.4, 0.5) is 4.39 Å². The predicted octanol–water partition coefficient (Wildman–Crippen LogP) is 3.19. The van der Waals surface area contributed by atoms with Crippen molar-refractivity contribution in [1.29, 1.82) is 0 Å². The zero-order valence-electron chi connectivity index (χ0n) is 16.3. The Bertz CT molecular complexity index is 878. The van der Waals surface area contributed by atoms with Gasteiger partial charge in [0, 0.05) is 37.9 Å². The number of carbonyl (C=O) groups is 2. The van der Waals surface area contributed by atoms with Gasteiger partial charge < -0.3 is 9.64 Å². The second-order valence-electron chi connectivity index (χ2n) is 7.25. The zero-order chi connectivity index (χ0) is 21.0. The first-order valence-corrected chi connectivity index (χ1v) is 9.76. The Morgan fingerprint density at radius 3 is 2.69 bits per heavy atom. The lowest BCUT2D eigenvalue weighted by molar-refractivity contribution is -0.139. The van der Waals surface area contributed by atoms with Crippen LogP contribution in [0.5, 0.6) is 5.88 Å². The van der Waals surface area contributed by atoms with Crippen LogP contribution < -0.4 is 4.74 Å². The molecular weight excluding hydrogens is 397 g/mol. The molecule has 8 heteroatoms. The van der Waals surface area contributed by atoms with Crippen molar-refractivity contribution >= 4 is 23.8 Å². The number of hydrogen-bond donors (Lipinski definition) is 0. The normalized spacial score (nSPS) is 19.8. The zero-order valence-corrected chi connectivity index (χ0v) is 17.1. The number of amides is 1. The summed E-state index contributed by atoms with van der Waals surface area (Å²) in [6, 6.07) is 8.05. The maximum absolute atomic E-state index is 13.1. The number of nitrogens with zero attached hydrogens (tertiary/aromatic N) is 3. The third kappa shape index (κ3) is 5.31. The number of carbonyl (C=O) groups excluding carboxylic acids is 2. The fourth-order valence-electron chi connectivity index (χ4n) is 3.45. The van der Waals surface area contributed by atoms with E-state index in [1.54, 1.807) is 17.0 Å². The van der Waals surface area contributed by atoms with Crippen LogP contribution in [0.15, 0.2) is 36.5 Å². The molecule has 1 aliphatic heterocycles. The Kier molecular flexibility index (Phi) is 6.82. The standard InChI is InChI=1S/C21H23ClFN3O3/c1-14-10-26(15(2)9-25(14)11-16-3-5-19(23)6-4-16)20(28)13-29-21-17(12-27)7-18(22)8-24-21/h3-8,12,14-15H,9-11,13H2,1-2H3/t14-,15+/m0/s1. The van der Waals surface area contributed by atoms with Crippen molar-refractivity contribution in [3.63, 3.8) is 0 Å².